The highest BCUT2D eigenvalue weighted by molar-refractivity contribution is 6.07. The Bertz CT molecular complexity index is 2990. The molecule has 1 aromatic heterocycles. The SMILES string of the molecule is CC1(C)c2ccccc2-c2c(N(c3ccc4c(c3)C3(c5ccccc5-c5ccccc53)c3ccccc3-4)c3ccc4oc5ccccc5c4c3)cccc21. The summed E-state index contributed by atoms with van der Waals surface area (Å²) in [6.45, 7) is 4.72. The second-order valence-electron chi connectivity index (χ2n) is 15.6. The zero-order valence-electron chi connectivity index (χ0n) is 30.1. The van der Waals surface area contributed by atoms with Crippen LogP contribution in [0.4, 0.5) is 17.1 Å². The van der Waals surface area contributed by atoms with E-state index in [-0.39, 0.29) is 5.41 Å². The van der Waals surface area contributed by atoms with Gasteiger partial charge in [0.15, 0.2) is 0 Å². The molecule has 0 saturated carbocycles. The third kappa shape index (κ3) is 3.65. The van der Waals surface area contributed by atoms with Crippen molar-refractivity contribution in [3.63, 3.8) is 0 Å². The molecule has 0 atom stereocenters. The van der Waals surface area contributed by atoms with Crippen molar-refractivity contribution in [2.45, 2.75) is 24.7 Å². The third-order valence-corrected chi connectivity index (χ3v) is 12.7. The average Bonchev–Trinajstić information content (AvgIpc) is 3.90. The summed E-state index contributed by atoms with van der Waals surface area (Å²) < 4.78 is 6.35. The number of hydrogen-bond acceptors (Lipinski definition) is 2. The first kappa shape index (κ1) is 29.9. The van der Waals surface area contributed by atoms with Crippen LogP contribution in [0.15, 0.2) is 180 Å². The van der Waals surface area contributed by atoms with Gasteiger partial charge in [-0.15, -0.1) is 0 Å². The third-order valence-electron chi connectivity index (χ3n) is 12.7. The molecule has 0 amide bonds. The van der Waals surface area contributed by atoms with Crippen LogP contribution >= 0.6 is 0 Å². The molecular weight excluding hydrogens is 655 g/mol. The molecule has 8 aromatic carbocycles. The van der Waals surface area contributed by atoms with Crippen molar-refractivity contribution in [3.8, 4) is 33.4 Å². The summed E-state index contributed by atoms with van der Waals surface area (Å²) in [6, 6.07) is 65.3. The first-order valence-electron chi connectivity index (χ1n) is 18.9. The molecule has 0 N–H and O–H groups in total. The highest BCUT2D eigenvalue weighted by Crippen LogP contribution is 2.63. The number of furan rings is 1. The zero-order valence-corrected chi connectivity index (χ0v) is 30.1. The molecule has 3 aliphatic rings. The Hall–Kier alpha value is -6.64. The Kier molecular flexibility index (Phi) is 5.81. The zero-order chi connectivity index (χ0) is 35.8. The maximum atomic E-state index is 6.35. The van der Waals surface area contributed by atoms with Crippen LogP contribution in [0.2, 0.25) is 0 Å². The lowest BCUT2D eigenvalue weighted by molar-refractivity contribution is 0.660. The standard InChI is InChI=1S/C52H35NO/c1-51(2)41-19-8-6-18-39(41)50-45(51)23-13-24-47(50)53(32-27-29-49-40(30-32)38-17-7-12-25-48(38)54-49)33-26-28-37-36-16-5-11-22-44(36)52(46(37)31-33)42-20-9-3-14-34(42)35-15-4-10-21-43(35)52/h3-31H,1-2H3. The lowest BCUT2D eigenvalue weighted by Crippen LogP contribution is -2.26. The Balaban J connectivity index is 1.18. The summed E-state index contributed by atoms with van der Waals surface area (Å²) in [5.41, 5.74) is 20.6. The van der Waals surface area contributed by atoms with Crippen molar-refractivity contribution in [2.75, 3.05) is 4.90 Å². The number of rotatable bonds is 3. The molecule has 0 aliphatic heterocycles. The lowest BCUT2D eigenvalue weighted by Gasteiger charge is -2.33. The second kappa shape index (κ2) is 10.5. The molecule has 12 rings (SSSR count). The summed E-state index contributed by atoms with van der Waals surface area (Å²) in [5.74, 6) is 0. The summed E-state index contributed by atoms with van der Waals surface area (Å²) in [6.07, 6.45) is 0. The van der Waals surface area contributed by atoms with Crippen LogP contribution in [-0.2, 0) is 10.8 Å². The number of nitrogens with zero attached hydrogens (tertiary/aromatic N) is 1. The van der Waals surface area contributed by atoms with Crippen LogP contribution in [0.3, 0.4) is 0 Å². The molecule has 54 heavy (non-hydrogen) atoms. The predicted octanol–water partition coefficient (Wildman–Crippen LogP) is 13.7. The Morgan fingerprint density at radius 3 is 1.61 bits per heavy atom. The van der Waals surface area contributed by atoms with Crippen molar-refractivity contribution in [3.05, 3.63) is 209 Å². The van der Waals surface area contributed by atoms with Crippen molar-refractivity contribution >= 4 is 39.0 Å². The molecule has 1 heterocycles. The van der Waals surface area contributed by atoms with Gasteiger partial charge in [0, 0.05) is 33.1 Å². The maximum absolute atomic E-state index is 6.35. The monoisotopic (exact) mass is 689 g/mol. The number of para-hydroxylation sites is 1. The van der Waals surface area contributed by atoms with Crippen molar-refractivity contribution < 1.29 is 4.42 Å². The van der Waals surface area contributed by atoms with Gasteiger partial charge >= 0.3 is 0 Å². The van der Waals surface area contributed by atoms with Gasteiger partial charge in [0.25, 0.3) is 0 Å². The van der Waals surface area contributed by atoms with Crippen LogP contribution in [0, 0.1) is 0 Å². The lowest BCUT2D eigenvalue weighted by atomic mass is 9.70. The fourth-order valence-electron chi connectivity index (χ4n) is 10.4. The van der Waals surface area contributed by atoms with Gasteiger partial charge in [-0.1, -0.05) is 147 Å². The van der Waals surface area contributed by atoms with E-state index in [2.05, 4.69) is 189 Å². The highest BCUT2D eigenvalue weighted by Gasteiger charge is 2.51. The van der Waals surface area contributed by atoms with Crippen LogP contribution < -0.4 is 4.90 Å². The van der Waals surface area contributed by atoms with E-state index in [1.165, 1.54) is 72.4 Å². The minimum absolute atomic E-state index is 0.126. The van der Waals surface area contributed by atoms with Crippen molar-refractivity contribution in [1.29, 1.82) is 0 Å². The molecule has 3 aliphatic carbocycles. The highest BCUT2D eigenvalue weighted by atomic mass is 16.3. The normalized spacial score (nSPS) is 14.8. The van der Waals surface area contributed by atoms with E-state index in [1.807, 2.05) is 6.07 Å². The van der Waals surface area contributed by atoms with Crippen molar-refractivity contribution in [2.24, 2.45) is 0 Å². The molecular formula is C52H35NO. The number of benzene rings is 8. The fraction of sp³-hybridized carbons (Fsp3) is 0.0769. The van der Waals surface area contributed by atoms with E-state index in [1.54, 1.807) is 0 Å². The number of hydrogen-bond donors (Lipinski definition) is 0. The molecule has 0 fully saturated rings. The summed E-state index contributed by atoms with van der Waals surface area (Å²) >= 11 is 0. The Labute approximate surface area is 314 Å². The van der Waals surface area contributed by atoms with E-state index in [9.17, 15) is 0 Å². The number of anilines is 3. The average molecular weight is 690 g/mol. The fourth-order valence-corrected chi connectivity index (χ4v) is 10.4. The minimum Gasteiger partial charge on any atom is -0.456 e. The first-order chi connectivity index (χ1) is 26.5. The molecule has 1 spiro atoms. The minimum atomic E-state index is -0.432. The van der Waals surface area contributed by atoms with Crippen LogP contribution in [-0.4, -0.2) is 0 Å². The molecule has 254 valence electrons. The van der Waals surface area contributed by atoms with Gasteiger partial charge in [-0.3, -0.25) is 0 Å². The van der Waals surface area contributed by atoms with E-state index < -0.39 is 5.41 Å². The molecule has 0 unspecified atom stereocenters. The first-order valence-corrected chi connectivity index (χ1v) is 18.9. The second-order valence-corrected chi connectivity index (χ2v) is 15.6. The van der Waals surface area contributed by atoms with Gasteiger partial charge in [-0.25, -0.2) is 0 Å². The molecule has 0 saturated heterocycles. The summed E-state index contributed by atoms with van der Waals surface area (Å²) in [4.78, 5) is 2.50. The number of fused-ring (bicyclic) bond motifs is 16. The van der Waals surface area contributed by atoms with Gasteiger partial charge in [0.05, 0.1) is 11.1 Å². The Morgan fingerprint density at radius 1 is 0.389 bits per heavy atom. The molecule has 9 aromatic rings. The van der Waals surface area contributed by atoms with Crippen LogP contribution in [0.25, 0.3) is 55.3 Å². The molecule has 0 bridgehead atoms. The summed E-state index contributed by atoms with van der Waals surface area (Å²) in [7, 11) is 0. The maximum Gasteiger partial charge on any atom is 0.135 e. The van der Waals surface area contributed by atoms with Gasteiger partial charge in [-0.05, 0) is 104 Å². The van der Waals surface area contributed by atoms with Gasteiger partial charge in [0.2, 0.25) is 0 Å². The van der Waals surface area contributed by atoms with Crippen molar-refractivity contribution in [1.82, 2.24) is 0 Å². The van der Waals surface area contributed by atoms with Gasteiger partial charge in [0.1, 0.15) is 11.2 Å². The van der Waals surface area contributed by atoms with Gasteiger partial charge < -0.3 is 9.32 Å². The quantitative estimate of drug-likeness (QED) is 0.184. The van der Waals surface area contributed by atoms with E-state index in [0.717, 1.165) is 33.3 Å². The Morgan fingerprint density at radius 2 is 0.907 bits per heavy atom. The van der Waals surface area contributed by atoms with E-state index in [4.69, 9.17) is 4.42 Å². The van der Waals surface area contributed by atoms with Crippen LogP contribution in [0.5, 0.6) is 0 Å². The largest absolute Gasteiger partial charge is 0.456 e. The van der Waals surface area contributed by atoms with E-state index in [0.29, 0.717) is 0 Å². The predicted molar refractivity (Wildman–Crippen MR) is 222 cm³/mol. The topological polar surface area (TPSA) is 16.4 Å². The van der Waals surface area contributed by atoms with Gasteiger partial charge in [-0.2, -0.15) is 0 Å². The molecule has 2 heteroatoms. The molecule has 0 radical (unpaired) electrons. The molecule has 2 nitrogen and oxygen atoms in total. The summed E-state index contributed by atoms with van der Waals surface area (Å²) in [5, 5.41) is 2.24. The van der Waals surface area contributed by atoms with Crippen LogP contribution in [0.1, 0.15) is 47.2 Å². The van der Waals surface area contributed by atoms with E-state index >= 15 is 0 Å². The smallest absolute Gasteiger partial charge is 0.135 e.